The van der Waals surface area contributed by atoms with E-state index in [-0.39, 0.29) is 15.8 Å². The molecule has 14 heavy (non-hydrogen) atoms. The Morgan fingerprint density at radius 3 is 2.93 bits per heavy atom. The van der Waals surface area contributed by atoms with Crippen molar-refractivity contribution in [2.45, 2.75) is 6.42 Å². The lowest BCUT2D eigenvalue weighted by atomic mass is 10.1. The van der Waals surface area contributed by atoms with E-state index in [1.54, 1.807) is 6.08 Å². The van der Waals surface area contributed by atoms with Crippen LogP contribution in [0.15, 0.2) is 10.6 Å². The molecule has 0 aromatic rings. The fourth-order valence-electron chi connectivity index (χ4n) is 2.09. The molecule has 2 unspecified atom stereocenters. The third-order valence-electron chi connectivity index (χ3n) is 3.03. The van der Waals surface area contributed by atoms with Crippen LogP contribution in [0.3, 0.4) is 0 Å². The van der Waals surface area contributed by atoms with Crippen molar-refractivity contribution in [2.24, 2.45) is 11.3 Å². The van der Waals surface area contributed by atoms with Gasteiger partial charge < -0.3 is 10.6 Å². The molecule has 1 aliphatic carbocycles. The Hall–Kier alpha value is -0.250. The molecule has 1 aliphatic heterocycles. The van der Waals surface area contributed by atoms with Crippen LogP contribution in [0, 0.1) is 11.3 Å². The topological polar surface area (TPSA) is 41.1 Å². The van der Waals surface area contributed by atoms with Crippen LogP contribution in [0.2, 0.25) is 0 Å². The van der Waals surface area contributed by atoms with Gasteiger partial charge in [-0.2, -0.15) is 0 Å². The minimum absolute atomic E-state index is 0.118. The third kappa shape index (κ3) is 1.76. The first kappa shape index (κ1) is 10.3. The van der Waals surface area contributed by atoms with Crippen LogP contribution in [0.5, 0.6) is 0 Å². The van der Waals surface area contributed by atoms with E-state index in [4.69, 9.17) is 23.2 Å². The van der Waals surface area contributed by atoms with E-state index >= 15 is 0 Å². The van der Waals surface area contributed by atoms with Crippen LogP contribution < -0.4 is 10.6 Å². The second-order valence-corrected chi connectivity index (χ2v) is 4.90. The maximum atomic E-state index is 11.7. The summed E-state index contributed by atoms with van der Waals surface area (Å²) in [5.74, 6) is 0.663. The van der Waals surface area contributed by atoms with Gasteiger partial charge in [0.25, 0.3) is 0 Å². The zero-order chi connectivity index (χ0) is 10.2. The SMILES string of the molecule is O=C(NCC=C(Cl)Cl)C12CNCC1C2. The summed E-state index contributed by atoms with van der Waals surface area (Å²) in [6.45, 7) is 2.19. The first-order valence-corrected chi connectivity index (χ1v) is 5.41. The number of hydrogen-bond acceptors (Lipinski definition) is 2. The summed E-state index contributed by atoms with van der Waals surface area (Å²) in [5, 5.41) is 6.03. The lowest BCUT2D eigenvalue weighted by molar-refractivity contribution is -0.125. The molecule has 78 valence electrons. The summed E-state index contributed by atoms with van der Waals surface area (Å²) < 4.78 is 0.194. The van der Waals surface area contributed by atoms with Gasteiger partial charge in [-0.05, 0) is 25.0 Å². The summed E-state index contributed by atoms with van der Waals surface area (Å²) >= 11 is 10.9. The second-order valence-electron chi connectivity index (χ2n) is 3.89. The van der Waals surface area contributed by atoms with Gasteiger partial charge in [-0.25, -0.2) is 0 Å². The predicted octanol–water partition coefficient (Wildman–Crippen LogP) is 1.03. The van der Waals surface area contributed by atoms with E-state index in [1.165, 1.54) is 0 Å². The van der Waals surface area contributed by atoms with E-state index in [1.807, 2.05) is 0 Å². The lowest BCUT2D eigenvalue weighted by Gasteiger charge is -2.10. The molecule has 2 fully saturated rings. The van der Waals surface area contributed by atoms with Crippen LogP contribution in [0.1, 0.15) is 6.42 Å². The molecule has 2 aliphatic rings. The molecule has 3 nitrogen and oxygen atoms in total. The summed E-state index contributed by atoms with van der Waals surface area (Å²) in [5.41, 5.74) is -0.118. The minimum Gasteiger partial charge on any atom is -0.352 e. The number of amides is 1. The van der Waals surface area contributed by atoms with Gasteiger partial charge >= 0.3 is 0 Å². The van der Waals surface area contributed by atoms with Gasteiger partial charge in [0.1, 0.15) is 4.49 Å². The highest BCUT2D eigenvalue weighted by Gasteiger charge is 2.62. The molecule has 2 atom stereocenters. The van der Waals surface area contributed by atoms with Crippen LogP contribution in [0.4, 0.5) is 0 Å². The zero-order valence-electron chi connectivity index (χ0n) is 7.65. The number of fused-ring (bicyclic) bond motifs is 1. The Balaban J connectivity index is 1.82. The quantitative estimate of drug-likeness (QED) is 0.767. The molecule has 2 rings (SSSR count). The molecule has 0 aromatic carbocycles. The van der Waals surface area contributed by atoms with E-state index in [9.17, 15) is 4.79 Å². The molecule has 0 radical (unpaired) electrons. The number of carbonyl (C=O) groups excluding carboxylic acids is 1. The molecular weight excluding hydrogens is 223 g/mol. The van der Waals surface area contributed by atoms with Crippen LogP contribution >= 0.6 is 23.2 Å². The van der Waals surface area contributed by atoms with Crippen molar-refractivity contribution in [1.29, 1.82) is 0 Å². The normalized spacial score (nSPS) is 33.4. The molecule has 2 N–H and O–H groups in total. The van der Waals surface area contributed by atoms with E-state index < -0.39 is 0 Å². The fraction of sp³-hybridized carbons (Fsp3) is 0.667. The van der Waals surface area contributed by atoms with Crippen LogP contribution in [-0.4, -0.2) is 25.5 Å². The Morgan fingerprint density at radius 1 is 1.64 bits per heavy atom. The number of hydrogen-bond donors (Lipinski definition) is 2. The van der Waals surface area contributed by atoms with Crippen molar-refractivity contribution >= 4 is 29.1 Å². The molecule has 0 bridgehead atoms. The highest BCUT2D eigenvalue weighted by atomic mass is 35.5. The number of nitrogens with one attached hydrogen (secondary N) is 2. The molecule has 1 saturated carbocycles. The smallest absolute Gasteiger partial charge is 0.228 e. The van der Waals surface area contributed by atoms with Crippen LogP contribution in [-0.2, 0) is 4.79 Å². The summed E-state index contributed by atoms with van der Waals surface area (Å²) in [6, 6.07) is 0. The van der Waals surface area contributed by atoms with Gasteiger partial charge in [-0.15, -0.1) is 0 Å². The van der Waals surface area contributed by atoms with Crippen molar-refractivity contribution in [3.63, 3.8) is 0 Å². The zero-order valence-corrected chi connectivity index (χ0v) is 9.16. The van der Waals surface area contributed by atoms with Crippen molar-refractivity contribution in [3.05, 3.63) is 10.6 Å². The number of piperidine rings is 1. The molecule has 5 heteroatoms. The van der Waals surface area contributed by atoms with Gasteiger partial charge in [0.05, 0.1) is 5.41 Å². The van der Waals surface area contributed by atoms with Gasteiger partial charge in [0, 0.05) is 13.1 Å². The van der Waals surface area contributed by atoms with E-state index in [2.05, 4.69) is 10.6 Å². The minimum atomic E-state index is -0.118. The molecule has 1 amide bonds. The van der Waals surface area contributed by atoms with Crippen molar-refractivity contribution in [2.75, 3.05) is 19.6 Å². The molecular formula is C9H12Cl2N2O. The van der Waals surface area contributed by atoms with Crippen molar-refractivity contribution in [1.82, 2.24) is 10.6 Å². The van der Waals surface area contributed by atoms with Gasteiger partial charge in [0.15, 0.2) is 0 Å². The standard InChI is InChI=1S/C9H12Cl2N2O/c10-7(11)1-2-13-8(14)9-3-6(9)4-12-5-9/h1,6,12H,2-5H2,(H,13,14). The average molecular weight is 235 g/mol. The van der Waals surface area contributed by atoms with Gasteiger partial charge in [0.2, 0.25) is 5.91 Å². The Morgan fingerprint density at radius 2 is 2.43 bits per heavy atom. The maximum absolute atomic E-state index is 11.7. The highest BCUT2D eigenvalue weighted by Crippen LogP contribution is 2.54. The molecule has 1 heterocycles. The van der Waals surface area contributed by atoms with Gasteiger partial charge in [-0.1, -0.05) is 23.2 Å². The van der Waals surface area contributed by atoms with Crippen molar-refractivity contribution < 1.29 is 4.79 Å². The lowest BCUT2D eigenvalue weighted by Crippen LogP contribution is -2.35. The number of halogens is 2. The van der Waals surface area contributed by atoms with E-state index in [0.717, 1.165) is 19.5 Å². The predicted molar refractivity (Wildman–Crippen MR) is 56.2 cm³/mol. The Bertz CT molecular complexity index is 289. The Kier molecular flexibility index (Phi) is 2.73. The summed E-state index contributed by atoms with van der Waals surface area (Å²) in [7, 11) is 0. The monoisotopic (exact) mass is 234 g/mol. The molecule has 0 aromatic heterocycles. The Labute approximate surface area is 92.8 Å². The second kappa shape index (κ2) is 3.72. The fourth-order valence-corrected chi connectivity index (χ4v) is 2.24. The maximum Gasteiger partial charge on any atom is 0.228 e. The largest absolute Gasteiger partial charge is 0.352 e. The first-order valence-electron chi connectivity index (χ1n) is 4.65. The molecule has 1 saturated heterocycles. The summed E-state index contributed by atoms with van der Waals surface area (Å²) in [4.78, 5) is 11.7. The van der Waals surface area contributed by atoms with Crippen molar-refractivity contribution in [3.8, 4) is 0 Å². The van der Waals surface area contributed by atoms with E-state index in [0.29, 0.717) is 12.5 Å². The summed E-state index contributed by atoms with van der Waals surface area (Å²) in [6.07, 6.45) is 2.60. The third-order valence-corrected chi connectivity index (χ3v) is 3.34. The number of carbonyl (C=O) groups is 1. The average Bonchev–Trinajstić information content (AvgIpc) is 2.69. The first-order chi connectivity index (χ1) is 6.65. The molecule has 0 spiro atoms. The van der Waals surface area contributed by atoms with Crippen LogP contribution in [0.25, 0.3) is 0 Å². The number of rotatable bonds is 3. The highest BCUT2D eigenvalue weighted by molar-refractivity contribution is 6.55. The van der Waals surface area contributed by atoms with Gasteiger partial charge in [-0.3, -0.25) is 4.79 Å².